The van der Waals surface area contributed by atoms with Crippen LogP contribution in [0.3, 0.4) is 0 Å². The molecule has 1 aliphatic heterocycles. The SMILES string of the molecule is NCC(O)COc1cccc(C2OCCO2)c1. The van der Waals surface area contributed by atoms with E-state index in [0.29, 0.717) is 19.0 Å². The molecular formula is C12H17NO4. The summed E-state index contributed by atoms with van der Waals surface area (Å²) in [5.41, 5.74) is 6.21. The van der Waals surface area contributed by atoms with Gasteiger partial charge in [0.05, 0.1) is 13.2 Å². The van der Waals surface area contributed by atoms with E-state index in [-0.39, 0.29) is 19.4 Å². The highest BCUT2D eigenvalue weighted by Crippen LogP contribution is 2.26. The summed E-state index contributed by atoms with van der Waals surface area (Å²) in [5, 5.41) is 9.30. The molecule has 94 valence electrons. The van der Waals surface area contributed by atoms with Crippen LogP contribution in [0.4, 0.5) is 0 Å². The van der Waals surface area contributed by atoms with Crippen molar-refractivity contribution in [3.63, 3.8) is 0 Å². The lowest BCUT2D eigenvalue weighted by Crippen LogP contribution is -2.26. The second-order valence-electron chi connectivity index (χ2n) is 3.85. The molecule has 5 nitrogen and oxygen atoms in total. The Labute approximate surface area is 100 Å². The number of aliphatic hydroxyl groups excluding tert-OH is 1. The van der Waals surface area contributed by atoms with Crippen molar-refractivity contribution < 1.29 is 19.3 Å². The van der Waals surface area contributed by atoms with Gasteiger partial charge in [-0.15, -0.1) is 0 Å². The van der Waals surface area contributed by atoms with Crippen molar-refractivity contribution in [3.8, 4) is 5.75 Å². The van der Waals surface area contributed by atoms with Crippen LogP contribution in [0.1, 0.15) is 11.9 Å². The van der Waals surface area contributed by atoms with Crippen molar-refractivity contribution in [1.29, 1.82) is 0 Å². The number of aliphatic hydroxyl groups is 1. The third kappa shape index (κ3) is 3.41. The first kappa shape index (κ1) is 12.3. The number of rotatable bonds is 5. The van der Waals surface area contributed by atoms with Gasteiger partial charge in [-0.25, -0.2) is 0 Å². The minimum Gasteiger partial charge on any atom is -0.491 e. The van der Waals surface area contributed by atoms with Crippen molar-refractivity contribution in [3.05, 3.63) is 29.8 Å². The van der Waals surface area contributed by atoms with Gasteiger partial charge >= 0.3 is 0 Å². The number of ether oxygens (including phenoxy) is 3. The molecule has 0 bridgehead atoms. The van der Waals surface area contributed by atoms with E-state index in [0.717, 1.165) is 5.56 Å². The Balaban J connectivity index is 1.96. The third-order valence-corrected chi connectivity index (χ3v) is 2.47. The molecule has 1 heterocycles. The normalized spacial score (nSPS) is 18.2. The average Bonchev–Trinajstić information content (AvgIpc) is 2.90. The lowest BCUT2D eigenvalue weighted by molar-refractivity contribution is -0.0442. The molecule has 1 saturated heterocycles. The zero-order valence-electron chi connectivity index (χ0n) is 9.54. The first-order valence-electron chi connectivity index (χ1n) is 5.63. The molecule has 1 aromatic carbocycles. The van der Waals surface area contributed by atoms with E-state index in [4.69, 9.17) is 19.9 Å². The summed E-state index contributed by atoms with van der Waals surface area (Å²) in [6.07, 6.45) is -0.949. The van der Waals surface area contributed by atoms with Crippen LogP contribution >= 0.6 is 0 Å². The second kappa shape index (κ2) is 5.97. The minimum atomic E-state index is -0.641. The van der Waals surface area contributed by atoms with Crippen LogP contribution in [0.25, 0.3) is 0 Å². The minimum absolute atomic E-state index is 0.187. The molecule has 0 radical (unpaired) electrons. The van der Waals surface area contributed by atoms with Gasteiger partial charge in [0.25, 0.3) is 0 Å². The van der Waals surface area contributed by atoms with Crippen LogP contribution in [0.2, 0.25) is 0 Å². The van der Waals surface area contributed by atoms with Gasteiger partial charge in [-0.1, -0.05) is 12.1 Å². The van der Waals surface area contributed by atoms with Gasteiger partial charge in [-0.3, -0.25) is 0 Å². The van der Waals surface area contributed by atoms with Gasteiger partial charge in [0.1, 0.15) is 18.5 Å². The molecule has 0 spiro atoms. The van der Waals surface area contributed by atoms with Crippen LogP contribution in [0.5, 0.6) is 5.75 Å². The van der Waals surface area contributed by atoms with E-state index in [9.17, 15) is 5.11 Å². The summed E-state index contributed by atoms with van der Waals surface area (Å²) < 4.78 is 16.2. The number of benzene rings is 1. The second-order valence-corrected chi connectivity index (χ2v) is 3.85. The van der Waals surface area contributed by atoms with Crippen molar-refractivity contribution >= 4 is 0 Å². The molecule has 1 unspecified atom stereocenters. The Bertz CT molecular complexity index is 352. The Morgan fingerprint density at radius 3 is 2.88 bits per heavy atom. The summed E-state index contributed by atoms with van der Waals surface area (Å²) >= 11 is 0. The van der Waals surface area contributed by atoms with Gasteiger partial charge in [0.2, 0.25) is 0 Å². The largest absolute Gasteiger partial charge is 0.491 e. The fraction of sp³-hybridized carbons (Fsp3) is 0.500. The lowest BCUT2D eigenvalue weighted by atomic mass is 10.2. The highest BCUT2D eigenvalue weighted by Gasteiger charge is 2.18. The van der Waals surface area contributed by atoms with Crippen molar-refractivity contribution in [2.75, 3.05) is 26.4 Å². The summed E-state index contributed by atoms with van der Waals surface area (Å²) in [5.74, 6) is 0.675. The zero-order valence-corrected chi connectivity index (χ0v) is 9.54. The predicted octanol–water partition coefficient (Wildman–Crippen LogP) is 0.430. The Morgan fingerprint density at radius 1 is 1.41 bits per heavy atom. The van der Waals surface area contributed by atoms with Gasteiger partial charge in [0.15, 0.2) is 6.29 Å². The molecule has 1 aliphatic rings. The van der Waals surface area contributed by atoms with E-state index in [1.807, 2.05) is 24.3 Å². The maximum absolute atomic E-state index is 9.30. The third-order valence-electron chi connectivity index (χ3n) is 2.47. The van der Waals surface area contributed by atoms with E-state index >= 15 is 0 Å². The number of nitrogens with two attached hydrogens (primary N) is 1. The Hall–Kier alpha value is -1.14. The topological polar surface area (TPSA) is 73.9 Å². The van der Waals surface area contributed by atoms with Crippen LogP contribution in [0, 0.1) is 0 Å². The molecular weight excluding hydrogens is 222 g/mol. The molecule has 5 heteroatoms. The van der Waals surface area contributed by atoms with E-state index in [1.54, 1.807) is 0 Å². The highest BCUT2D eigenvalue weighted by molar-refractivity contribution is 5.29. The van der Waals surface area contributed by atoms with Crippen molar-refractivity contribution in [1.82, 2.24) is 0 Å². The van der Waals surface area contributed by atoms with Gasteiger partial charge in [0, 0.05) is 12.1 Å². The number of hydrogen-bond acceptors (Lipinski definition) is 5. The molecule has 0 aliphatic carbocycles. The lowest BCUT2D eigenvalue weighted by Gasteiger charge is -2.13. The molecule has 1 aromatic rings. The van der Waals surface area contributed by atoms with Crippen LogP contribution < -0.4 is 10.5 Å². The van der Waals surface area contributed by atoms with Crippen LogP contribution in [-0.2, 0) is 9.47 Å². The van der Waals surface area contributed by atoms with E-state index < -0.39 is 6.10 Å². The first-order valence-corrected chi connectivity index (χ1v) is 5.63. The molecule has 17 heavy (non-hydrogen) atoms. The predicted molar refractivity (Wildman–Crippen MR) is 61.6 cm³/mol. The van der Waals surface area contributed by atoms with Crippen molar-refractivity contribution in [2.24, 2.45) is 5.73 Å². The number of hydrogen-bond donors (Lipinski definition) is 2. The van der Waals surface area contributed by atoms with Crippen LogP contribution in [-0.4, -0.2) is 37.6 Å². The van der Waals surface area contributed by atoms with Crippen LogP contribution in [0.15, 0.2) is 24.3 Å². The zero-order chi connectivity index (χ0) is 12.1. The fourth-order valence-corrected chi connectivity index (χ4v) is 1.56. The maximum atomic E-state index is 9.30. The summed E-state index contributed by atoms with van der Waals surface area (Å²) in [6, 6.07) is 7.45. The average molecular weight is 239 g/mol. The summed E-state index contributed by atoms with van der Waals surface area (Å²) in [4.78, 5) is 0. The molecule has 1 atom stereocenters. The molecule has 0 amide bonds. The highest BCUT2D eigenvalue weighted by atomic mass is 16.7. The molecule has 2 rings (SSSR count). The first-order chi connectivity index (χ1) is 8.29. The molecule has 0 aromatic heterocycles. The van der Waals surface area contributed by atoms with E-state index in [2.05, 4.69) is 0 Å². The van der Waals surface area contributed by atoms with E-state index in [1.165, 1.54) is 0 Å². The standard InChI is InChI=1S/C12H17NO4/c13-7-10(14)8-17-11-3-1-2-9(6-11)12-15-4-5-16-12/h1-3,6,10,12,14H,4-5,7-8,13H2. The summed E-state index contributed by atoms with van der Waals surface area (Å²) in [7, 11) is 0. The molecule has 3 N–H and O–H groups in total. The quantitative estimate of drug-likeness (QED) is 0.779. The summed E-state index contributed by atoms with van der Waals surface area (Å²) in [6.45, 7) is 1.60. The molecule has 1 fully saturated rings. The van der Waals surface area contributed by atoms with Gasteiger partial charge < -0.3 is 25.1 Å². The van der Waals surface area contributed by atoms with Crippen molar-refractivity contribution in [2.45, 2.75) is 12.4 Å². The Kier molecular flexibility index (Phi) is 4.33. The van der Waals surface area contributed by atoms with Gasteiger partial charge in [-0.05, 0) is 12.1 Å². The molecule has 0 saturated carbocycles. The maximum Gasteiger partial charge on any atom is 0.184 e. The van der Waals surface area contributed by atoms with Gasteiger partial charge in [-0.2, -0.15) is 0 Å². The monoisotopic (exact) mass is 239 g/mol. The smallest absolute Gasteiger partial charge is 0.184 e. The fourth-order valence-electron chi connectivity index (χ4n) is 1.56. The Morgan fingerprint density at radius 2 is 2.18 bits per heavy atom.